The van der Waals surface area contributed by atoms with E-state index in [0.29, 0.717) is 5.56 Å². The fourth-order valence-corrected chi connectivity index (χ4v) is 1.06. The molecule has 1 rings (SSSR count). The minimum absolute atomic E-state index is 0.0787. The van der Waals surface area contributed by atoms with Crippen LogP contribution in [-0.2, 0) is 0 Å². The van der Waals surface area contributed by atoms with E-state index in [0.717, 1.165) is 5.56 Å². The predicted octanol–water partition coefficient (Wildman–Crippen LogP) is 2.49. The summed E-state index contributed by atoms with van der Waals surface area (Å²) < 4.78 is 28.2. The maximum Gasteiger partial charge on any atom is 0.387 e. The minimum atomic E-state index is -2.83. The normalized spacial score (nSPS) is 10.5. The summed E-state index contributed by atoms with van der Waals surface area (Å²) in [5.41, 5.74) is 7.25. The number of hydrogen-bond acceptors (Lipinski definition) is 2. The molecular weight excluding hydrogens is 176 g/mol. The second kappa shape index (κ2) is 3.60. The van der Waals surface area contributed by atoms with Crippen LogP contribution in [0, 0.1) is 13.8 Å². The predicted molar refractivity (Wildman–Crippen MR) is 47.0 cm³/mol. The maximum atomic E-state index is 11.9. The van der Waals surface area contributed by atoms with Gasteiger partial charge >= 0.3 is 6.61 Å². The first-order chi connectivity index (χ1) is 6.02. The van der Waals surface area contributed by atoms with Crippen LogP contribution in [-0.4, -0.2) is 6.61 Å². The van der Waals surface area contributed by atoms with E-state index in [9.17, 15) is 8.78 Å². The van der Waals surface area contributed by atoms with Crippen LogP contribution < -0.4 is 10.5 Å². The van der Waals surface area contributed by atoms with E-state index in [4.69, 9.17) is 5.73 Å². The van der Waals surface area contributed by atoms with Gasteiger partial charge in [-0.15, -0.1) is 0 Å². The molecule has 4 heteroatoms. The highest BCUT2D eigenvalue weighted by Crippen LogP contribution is 2.29. The number of nitrogen functional groups attached to an aromatic ring is 1. The van der Waals surface area contributed by atoms with Crippen molar-refractivity contribution in [1.82, 2.24) is 0 Å². The standard InChI is InChI=1S/C9H11F2NO/c1-5-3-4-7(12)8(6(5)2)13-9(10)11/h3-4,9H,12H2,1-2H3. The highest BCUT2D eigenvalue weighted by molar-refractivity contribution is 5.58. The third-order valence-corrected chi connectivity index (χ3v) is 1.91. The molecule has 0 aromatic heterocycles. The number of hydrogen-bond donors (Lipinski definition) is 1. The summed E-state index contributed by atoms with van der Waals surface area (Å²) in [4.78, 5) is 0. The minimum Gasteiger partial charge on any atom is -0.432 e. The third kappa shape index (κ3) is 2.08. The molecule has 0 heterocycles. The number of alkyl halides is 2. The molecule has 0 atom stereocenters. The van der Waals surface area contributed by atoms with Crippen LogP contribution in [0.2, 0.25) is 0 Å². The van der Waals surface area contributed by atoms with Crippen molar-refractivity contribution >= 4 is 5.69 Å². The molecular formula is C9H11F2NO. The lowest BCUT2D eigenvalue weighted by molar-refractivity contribution is -0.0497. The van der Waals surface area contributed by atoms with Crippen molar-refractivity contribution in [3.8, 4) is 5.75 Å². The summed E-state index contributed by atoms with van der Waals surface area (Å²) in [6.45, 7) is 0.680. The van der Waals surface area contributed by atoms with Crippen molar-refractivity contribution in [1.29, 1.82) is 0 Å². The second-order valence-electron chi connectivity index (χ2n) is 2.80. The average Bonchev–Trinajstić information content (AvgIpc) is 2.05. The zero-order chi connectivity index (χ0) is 10.0. The van der Waals surface area contributed by atoms with E-state index in [1.165, 1.54) is 0 Å². The van der Waals surface area contributed by atoms with Crippen LogP contribution in [0.1, 0.15) is 11.1 Å². The monoisotopic (exact) mass is 187 g/mol. The number of benzene rings is 1. The smallest absolute Gasteiger partial charge is 0.387 e. The highest BCUT2D eigenvalue weighted by Gasteiger charge is 2.11. The Morgan fingerprint density at radius 1 is 1.31 bits per heavy atom. The van der Waals surface area contributed by atoms with Gasteiger partial charge in [-0.25, -0.2) is 0 Å². The lowest BCUT2D eigenvalue weighted by Gasteiger charge is -2.12. The van der Waals surface area contributed by atoms with Gasteiger partial charge in [0.15, 0.2) is 5.75 Å². The van der Waals surface area contributed by atoms with Crippen molar-refractivity contribution in [2.24, 2.45) is 0 Å². The molecule has 0 radical (unpaired) electrons. The van der Waals surface area contributed by atoms with Crippen molar-refractivity contribution < 1.29 is 13.5 Å². The lowest BCUT2D eigenvalue weighted by atomic mass is 10.1. The summed E-state index contributed by atoms with van der Waals surface area (Å²) in [7, 11) is 0. The Hall–Kier alpha value is -1.32. The van der Waals surface area contributed by atoms with Gasteiger partial charge in [0, 0.05) is 0 Å². The molecule has 0 spiro atoms. The molecule has 0 aliphatic carbocycles. The van der Waals surface area contributed by atoms with Gasteiger partial charge in [0.2, 0.25) is 0 Å². The first-order valence-electron chi connectivity index (χ1n) is 3.83. The van der Waals surface area contributed by atoms with Gasteiger partial charge in [0.05, 0.1) is 5.69 Å². The maximum absolute atomic E-state index is 11.9. The van der Waals surface area contributed by atoms with E-state index >= 15 is 0 Å². The van der Waals surface area contributed by atoms with E-state index in [2.05, 4.69) is 4.74 Å². The van der Waals surface area contributed by atoms with Crippen molar-refractivity contribution in [3.63, 3.8) is 0 Å². The Balaban J connectivity index is 3.10. The molecule has 0 aliphatic rings. The second-order valence-corrected chi connectivity index (χ2v) is 2.80. The van der Waals surface area contributed by atoms with Crippen molar-refractivity contribution in [2.75, 3.05) is 5.73 Å². The Morgan fingerprint density at radius 3 is 2.46 bits per heavy atom. The number of nitrogens with two attached hydrogens (primary N) is 1. The Kier molecular flexibility index (Phi) is 2.70. The zero-order valence-corrected chi connectivity index (χ0v) is 7.47. The van der Waals surface area contributed by atoms with Gasteiger partial charge in [-0.1, -0.05) is 6.07 Å². The summed E-state index contributed by atoms with van der Waals surface area (Å²) in [5.74, 6) is 0.0787. The fraction of sp³-hybridized carbons (Fsp3) is 0.333. The zero-order valence-electron chi connectivity index (χ0n) is 7.47. The summed E-state index contributed by atoms with van der Waals surface area (Å²) >= 11 is 0. The van der Waals surface area contributed by atoms with E-state index in [1.54, 1.807) is 19.1 Å². The summed E-state index contributed by atoms with van der Waals surface area (Å²) in [5, 5.41) is 0. The van der Waals surface area contributed by atoms with Gasteiger partial charge in [-0.2, -0.15) is 8.78 Å². The largest absolute Gasteiger partial charge is 0.432 e. The van der Waals surface area contributed by atoms with Crippen LogP contribution in [0.25, 0.3) is 0 Å². The van der Waals surface area contributed by atoms with Gasteiger partial charge < -0.3 is 10.5 Å². The Bertz CT molecular complexity index is 313. The van der Waals surface area contributed by atoms with Crippen LogP contribution in [0.5, 0.6) is 5.75 Å². The molecule has 1 aromatic rings. The topological polar surface area (TPSA) is 35.2 Å². The molecule has 0 aliphatic heterocycles. The average molecular weight is 187 g/mol. The Labute approximate surface area is 75.3 Å². The van der Waals surface area contributed by atoms with Gasteiger partial charge in [-0.3, -0.25) is 0 Å². The number of halogens is 2. The van der Waals surface area contributed by atoms with Crippen LogP contribution in [0.4, 0.5) is 14.5 Å². The summed E-state index contributed by atoms with van der Waals surface area (Å²) in [6.07, 6.45) is 0. The first kappa shape index (κ1) is 9.77. The highest BCUT2D eigenvalue weighted by atomic mass is 19.3. The van der Waals surface area contributed by atoms with Crippen LogP contribution in [0.3, 0.4) is 0 Å². The van der Waals surface area contributed by atoms with Gasteiger partial charge in [0.25, 0.3) is 0 Å². The third-order valence-electron chi connectivity index (χ3n) is 1.91. The van der Waals surface area contributed by atoms with Gasteiger partial charge in [-0.05, 0) is 31.0 Å². The van der Waals surface area contributed by atoms with E-state index in [-0.39, 0.29) is 11.4 Å². The van der Waals surface area contributed by atoms with Crippen LogP contribution >= 0.6 is 0 Å². The molecule has 0 bridgehead atoms. The van der Waals surface area contributed by atoms with Crippen LogP contribution in [0.15, 0.2) is 12.1 Å². The Morgan fingerprint density at radius 2 is 1.92 bits per heavy atom. The SMILES string of the molecule is Cc1ccc(N)c(OC(F)F)c1C. The lowest BCUT2D eigenvalue weighted by Crippen LogP contribution is -2.06. The fourth-order valence-electron chi connectivity index (χ4n) is 1.06. The van der Waals surface area contributed by atoms with Gasteiger partial charge in [0.1, 0.15) is 0 Å². The number of aryl methyl sites for hydroxylation is 1. The molecule has 0 saturated heterocycles. The van der Waals surface area contributed by atoms with Crippen molar-refractivity contribution in [3.05, 3.63) is 23.3 Å². The van der Waals surface area contributed by atoms with E-state index < -0.39 is 6.61 Å². The first-order valence-corrected chi connectivity index (χ1v) is 3.83. The molecule has 1 aromatic carbocycles. The molecule has 2 N–H and O–H groups in total. The molecule has 0 fully saturated rings. The number of rotatable bonds is 2. The van der Waals surface area contributed by atoms with Crippen molar-refractivity contribution in [2.45, 2.75) is 20.5 Å². The van der Waals surface area contributed by atoms with E-state index in [1.807, 2.05) is 6.92 Å². The molecule has 2 nitrogen and oxygen atoms in total. The number of ether oxygens (including phenoxy) is 1. The molecule has 0 saturated carbocycles. The molecule has 72 valence electrons. The number of anilines is 1. The quantitative estimate of drug-likeness (QED) is 0.722. The molecule has 13 heavy (non-hydrogen) atoms. The molecule has 0 unspecified atom stereocenters. The molecule has 0 amide bonds. The summed E-state index contributed by atoms with van der Waals surface area (Å²) in [6, 6.07) is 3.32.